The lowest BCUT2D eigenvalue weighted by molar-refractivity contribution is -0.122. The van der Waals surface area contributed by atoms with E-state index in [0.29, 0.717) is 16.1 Å². The highest BCUT2D eigenvalue weighted by molar-refractivity contribution is 8.13. The fourth-order valence-electron chi connectivity index (χ4n) is 3.55. The number of aliphatic hydroxyl groups excluding tert-OH is 3. The molecule has 1 aromatic rings. The second-order valence-corrected chi connectivity index (χ2v) is 15.2. The lowest BCUT2D eigenvalue weighted by Crippen LogP contribution is -2.48. The summed E-state index contributed by atoms with van der Waals surface area (Å²) in [6.07, 6.45) is -5.16. The summed E-state index contributed by atoms with van der Waals surface area (Å²) in [7, 11) is -4.50. The van der Waals surface area contributed by atoms with Gasteiger partial charge < -0.3 is 20.1 Å². The van der Waals surface area contributed by atoms with Gasteiger partial charge in [0.05, 0.1) is 38.4 Å². The van der Waals surface area contributed by atoms with Crippen LogP contribution in [0.15, 0.2) is 27.0 Å². The molecule has 2 rings (SSSR count). The molecular weight excluding hydrogens is 648 g/mol. The van der Waals surface area contributed by atoms with Crippen LogP contribution in [0.4, 0.5) is 4.39 Å². The number of aromatic amines is 1. The number of phosphoric acid groups is 1. The van der Waals surface area contributed by atoms with Crippen molar-refractivity contribution in [2.24, 2.45) is 15.9 Å². The van der Waals surface area contributed by atoms with Gasteiger partial charge in [0, 0.05) is 41.0 Å². The first-order chi connectivity index (χ1) is 20.6. The molecule has 1 unspecified atom stereocenters. The quantitative estimate of drug-likeness (QED) is 0.0536. The molecule has 0 bridgehead atoms. The molecule has 250 valence electrons. The zero-order chi connectivity index (χ0) is 33.2. The number of alkyl halides is 1. The Balaban J connectivity index is 2.22. The van der Waals surface area contributed by atoms with Crippen molar-refractivity contribution in [1.29, 1.82) is 0 Å². The van der Waals surface area contributed by atoms with E-state index >= 15 is 4.39 Å². The summed E-state index contributed by atoms with van der Waals surface area (Å²) < 4.78 is 51.7. The van der Waals surface area contributed by atoms with Gasteiger partial charge in [-0.05, 0) is 24.8 Å². The summed E-state index contributed by atoms with van der Waals surface area (Å²) in [6.45, 7) is 4.33. The maximum atomic E-state index is 15.3. The van der Waals surface area contributed by atoms with Crippen LogP contribution in [-0.2, 0) is 27.7 Å². The van der Waals surface area contributed by atoms with Crippen molar-refractivity contribution in [2.75, 3.05) is 56.8 Å². The number of halogens is 1. The molecule has 44 heavy (non-hydrogen) atoms. The van der Waals surface area contributed by atoms with Crippen molar-refractivity contribution in [1.82, 2.24) is 9.55 Å². The molecule has 5 atom stereocenters. The monoisotopic (exact) mass is 687 g/mol. The standard InChI is InChI=1S/C24H39FN5O11PS2/c1-22(2,12-31)15-43-9-7-38-42(37,39-8-10-44-20(35)23(3,4)13-32)40-14-24(11-27-29-26)18(34)17(25)19(41-24)30-6-5-16(33)28-21(30)36/h5-6,17-19,31-32,34H,7-15H2,1-4H3,(H,28,33,36)/t17-,18+,19-,24-,42?/m1/s1. The Hall–Kier alpha value is -1.76. The van der Waals surface area contributed by atoms with Crippen LogP contribution in [0.5, 0.6) is 0 Å². The van der Waals surface area contributed by atoms with Crippen molar-refractivity contribution >= 4 is 36.5 Å². The molecule has 1 aliphatic heterocycles. The lowest BCUT2D eigenvalue weighted by atomic mass is 9.97. The zero-order valence-electron chi connectivity index (χ0n) is 24.8. The van der Waals surface area contributed by atoms with Gasteiger partial charge in [-0.25, -0.2) is 13.8 Å². The van der Waals surface area contributed by atoms with Crippen LogP contribution >= 0.6 is 31.3 Å². The minimum atomic E-state index is -4.50. The molecule has 0 saturated carbocycles. The van der Waals surface area contributed by atoms with Crippen LogP contribution in [0.1, 0.15) is 33.9 Å². The SMILES string of the molecule is CC(C)(CO)CSCCOP(=O)(OCCSC(=O)C(C)(C)CO)OC[C@@]1(CN=[N+]=[N-])O[C@@H](n2ccc(=O)[nH]c2=O)[C@H](F)[C@@H]1O. The fourth-order valence-corrected chi connectivity index (χ4v) is 6.83. The van der Waals surface area contributed by atoms with E-state index < -0.39 is 61.7 Å². The maximum Gasteiger partial charge on any atom is 0.474 e. The third-order valence-corrected chi connectivity index (χ3v) is 10.4. The Labute approximate surface area is 261 Å². The molecule has 4 N–H and O–H groups in total. The van der Waals surface area contributed by atoms with Crippen molar-refractivity contribution in [3.8, 4) is 0 Å². The number of nitrogens with zero attached hydrogens (tertiary/aromatic N) is 4. The average molecular weight is 688 g/mol. The first-order valence-electron chi connectivity index (χ1n) is 13.4. The highest BCUT2D eigenvalue weighted by atomic mass is 32.2. The van der Waals surface area contributed by atoms with E-state index in [1.54, 1.807) is 13.8 Å². The highest BCUT2D eigenvalue weighted by Crippen LogP contribution is 2.52. The van der Waals surface area contributed by atoms with E-state index in [1.807, 2.05) is 18.8 Å². The van der Waals surface area contributed by atoms with Crippen LogP contribution in [0, 0.1) is 10.8 Å². The van der Waals surface area contributed by atoms with Gasteiger partial charge in [-0.3, -0.25) is 32.7 Å². The minimum Gasteiger partial charge on any atom is -0.396 e. The predicted octanol–water partition coefficient (Wildman–Crippen LogP) is 2.00. The van der Waals surface area contributed by atoms with Gasteiger partial charge in [0.2, 0.25) is 0 Å². The van der Waals surface area contributed by atoms with Crippen molar-refractivity contribution in [3.05, 3.63) is 43.5 Å². The number of aromatic nitrogens is 2. The number of hydrogen-bond donors (Lipinski definition) is 4. The number of phosphoric ester groups is 1. The summed E-state index contributed by atoms with van der Waals surface area (Å²) >= 11 is 2.23. The molecule has 20 heteroatoms. The number of H-pyrrole nitrogens is 1. The van der Waals surface area contributed by atoms with E-state index in [4.69, 9.17) is 23.8 Å². The van der Waals surface area contributed by atoms with Crippen LogP contribution < -0.4 is 11.2 Å². The summed E-state index contributed by atoms with van der Waals surface area (Å²) in [5.41, 5.74) is 3.57. The first-order valence-corrected chi connectivity index (χ1v) is 17.0. The highest BCUT2D eigenvalue weighted by Gasteiger charge is 2.57. The number of nitrogens with one attached hydrogen (secondary N) is 1. The van der Waals surface area contributed by atoms with E-state index in [-0.39, 0.29) is 42.7 Å². The summed E-state index contributed by atoms with van der Waals surface area (Å²) in [5.74, 6) is 0.868. The zero-order valence-corrected chi connectivity index (χ0v) is 27.3. The number of hydrogen-bond acceptors (Lipinski definition) is 14. The number of azide groups is 1. The Bertz CT molecular complexity index is 1330. The van der Waals surface area contributed by atoms with Gasteiger partial charge >= 0.3 is 13.5 Å². The predicted molar refractivity (Wildman–Crippen MR) is 161 cm³/mol. The van der Waals surface area contributed by atoms with Crippen LogP contribution in [-0.4, -0.2) is 105 Å². The van der Waals surface area contributed by atoms with Crippen molar-refractivity contribution in [2.45, 2.75) is 51.8 Å². The van der Waals surface area contributed by atoms with E-state index in [2.05, 4.69) is 10.0 Å². The van der Waals surface area contributed by atoms with Crippen molar-refractivity contribution in [3.63, 3.8) is 0 Å². The number of ether oxygens (including phenoxy) is 1. The van der Waals surface area contributed by atoms with Gasteiger partial charge in [0.15, 0.2) is 17.5 Å². The normalized spacial score (nSPS) is 23.7. The Morgan fingerprint density at radius 1 is 1.23 bits per heavy atom. The second-order valence-electron chi connectivity index (χ2n) is 11.3. The molecule has 0 aliphatic carbocycles. The first kappa shape index (κ1) is 38.4. The van der Waals surface area contributed by atoms with Crippen LogP contribution in [0.2, 0.25) is 0 Å². The number of aliphatic hydroxyl groups is 3. The largest absolute Gasteiger partial charge is 0.474 e. The number of carbonyl (C=O) groups excluding carboxylic acids is 1. The third kappa shape index (κ3) is 10.7. The van der Waals surface area contributed by atoms with Crippen molar-refractivity contribution < 1.29 is 47.4 Å². The summed E-state index contributed by atoms with van der Waals surface area (Å²) in [5, 5.41) is 32.7. The Kier molecular flexibility index (Phi) is 14.6. The van der Waals surface area contributed by atoms with Gasteiger partial charge in [-0.15, -0.1) is 0 Å². The van der Waals surface area contributed by atoms with Crippen LogP contribution in [0.25, 0.3) is 10.4 Å². The maximum absolute atomic E-state index is 15.3. The molecule has 1 aromatic heterocycles. The van der Waals surface area contributed by atoms with Gasteiger partial charge in [0.1, 0.15) is 11.7 Å². The van der Waals surface area contributed by atoms with E-state index in [1.165, 1.54) is 11.8 Å². The van der Waals surface area contributed by atoms with Gasteiger partial charge in [0.25, 0.3) is 5.56 Å². The topological polar surface area (TPSA) is 235 Å². The molecule has 1 aliphatic rings. The molecule has 0 radical (unpaired) electrons. The summed E-state index contributed by atoms with van der Waals surface area (Å²) in [6, 6.07) is 0.938. The lowest BCUT2D eigenvalue weighted by Gasteiger charge is -2.31. The smallest absolute Gasteiger partial charge is 0.396 e. The summed E-state index contributed by atoms with van der Waals surface area (Å²) in [4.78, 5) is 40.6. The molecule has 1 saturated heterocycles. The second kappa shape index (κ2) is 16.7. The molecule has 0 spiro atoms. The number of rotatable bonds is 19. The van der Waals surface area contributed by atoms with E-state index in [0.717, 1.165) is 24.0 Å². The molecular formula is C24H39FN5O11PS2. The number of carbonyl (C=O) groups is 1. The number of thioether (sulfide) groups is 2. The minimum absolute atomic E-state index is 0.00512. The average Bonchev–Trinajstić information content (AvgIpc) is 3.22. The van der Waals surface area contributed by atoms with Gasteiger partial charge in [-0.2, -0.15) is 11.8 Å². The van der Waals surface area contributed by atoms with E-state index in [9.17, 15) is 34.3 Å². The van der Waals surface area contributed by atoms with Gasteiger partial charge in [-0.1, -0.05) is 30.7 Å². The third-order valence-electron chi connectivity index (χ3n) is 6.37. The molecule has 2 heterocycles. The molecule has 0 amide bonds. The fraction of sp³-hybridized carbons (Fsp3) is 0.792. The van der Waals surface area contributed by atoms with Crippen LogP contribution in [0.3, 0.4) is 0 Å². The Morgan fingerprint density at radius 3 is 2.48 bits per heavy atom. The molecule has 0 aromatic carbocycles. The Morgan fingerprint density at radius 2 is 1.89 bits per heavy atom. The molecule has 16 nitrogen and oxygen atoms in total. The molecule has 1 fully saturated rings.